The topological polar surface area (TPSA) is 42.4 Å². The number of hydrogen-bond donors (Lipinski definition) is 0. The Kier molecular flexibility index (Phi) is 3.68. The number of amides is 1. The monoisotopic (exact) mass is 314 g/mol. The smallest absolute Gasteiger partial charge is 0.253 e. The lowest BCUT2D eigenvalue weighted by Gasteiger charge is -2.34. The molecule has 0 saturated carbocycles. The third-order valence-electron chi connectivity index (χ3n) is 4.59. The minimum Gasteiger partial charge on any atom is -0.366 e. The number of piperidine rings is 1. The van der Waals surface area contributed by atoms with Gasteiger partial charge in [0.2, 0.25) is 0 Å². The van der Waals surface area contributed by atoms with Crippen LogP contribution in [0.2, 0.25) is 0 Å². The van der Waals surface area contributed by atoms with Crippen molar-refractivity contribution in [1.82, 2.24) is 9.88 Å². The van der Waals surface area contributed by atoms with Crippen molar-refractivity contribution in [2.45, 2.75) is 25.0 Å². The van der Waals surface area contributed by atoms with Crippen molar-refractivity contribution in [2.75, 3.05) is 13.1 Å². The summed E-state index contributed by atoms with van der Waals surface area (Å²) in [7, 11) is 0. The molecule has 2 aliphatic heterocycles. The maximum atomic E-state index is 12.6. The number of carbonyl (C=O) groups excluding carboxylic acids is 1. The van der Waals surface area contributed by atoms with Crippen LogP contribution < -0.4 is 0 Å². The van der Waals surface area contributed by atoms with Crippen LogP contribution in [0, 0.1) is 5.92 Å². The number of likely N-dealkylation sites (tertiary alicyclic amines) is 1. The molecule has 114 valence electrons. The quantitative estimate of drug-likeness (QED) is 0.855. The summed E-state index contributed by atoms with van der Waals surface area (Å²) in [6.07, 6.45) is 4.14. The summed E-state index contributed by atoms with van der Waals surface area (Å²) in [6, 6.07) is 9.50. The van der Waals surface area contributed by atoms with Crippen molar-refractivity contribution in [3.8, 4) is 0 Å². The van der Waals surface area contributed by atoms with Gasteiger partial charge in [0.25, 0.3) is 5.91 Å². The Morgan fingerprint density at radius 2 is 2.18 bits per heavy atom. The fourth-order valence-corrected chi connectivity index (χ4v) is 4.12. The standard InChI is InChI=1S/C17H18N2O2S/c20-17(12-4-2-1-3-5-12)19-8-6-13-10-14(21-15(13)11-19)16-18-7-9-22-16/h1-5,7,9,13-15H,6,8,10-11H2/t13-,14+,15+/m1/s1. The zero-order chi connectivity index (χ0) is 14.9. The van der Waals surface area contributed by atoms with Crippen LogP contribution in [0.4, 0.5) is 0 Å². The number of benzene rings is 1. The number of fused-ring (bicyclic) bond motifs is 1. The van der Waals surface area contributed by atoms with E-state index < -0.39 is 0 Å². The van der Waals surface area contributed by atoms with Gasteiger partial charge >= 0.3 is 0 Å². The highest BCUT2D eigenvalue weighted by Crippen LogP contribution is 2.41. The molecular formula is C17H18N2O2S. The molecule has 1 aromatic carbocycles. The molecule has 0 radical (unpaired) electrons. The maximum absolute atomic E-state index is 12.6. The summed E-state index contributed by atoms with van der Waals surface area (Å²) in [6.45, 7) is 1.52. The van der Waals surface area contributed by atoms with Crippen molar-refractivity contribution in [3.05, 3.63) is 52.5 Å². The van der Waals surface area contributed by atoms with Gasteiger partial charge in [0.05, 0.1) is 6.10 Å². The van der Waals surface area contributed by atoms with Crippen LogP contribution in [-0.2, 0) is 4.74 Å². The average molecular weight is 314 g/mol. The number of rotatable bonds is 2. The number of nitrogens with zero attached hydrogens (tertiary/aromatic N) is 2. The SMILES string of the molecule is O=C(c1ccccc1)N1CC[C@@H]2C[C@@H](c3nccs3)O[C@H]2C1. The van der Waals surface area contributed by atoms with Crippen LogP contribution in [0.25, 0.3) is 0 Å². The van der Waals surface area contributed by atoms with Crippen LogP contribution in [0.15, 0.2) is 41.9 Å². The molecule has 2 saturated heterocycles. The van der Waals surface area contributed by atoms with Crippen molar-refractivity contribution in [1.29, 1.82) is 0 Å². The molecule has 3 atom stereocenters. The third kappa shape index (κ3) is 2.55. The minimum absolute atomic E-state index is 0.111. The molecule has 2 aromatic rings. The largest absolute Gasteiger partial charge is 0.366 e. The van der Waals surface area contributed by atoms with E-state index in [0.717, 1.165) is 30.0 Å². The predicted molar refractivity (Wildman–Crippen MR) is 84.8 cm³/mol. The van der Waals surface area contributed by atoms with E-state index in [1.807, 2.05) is 46.8 Å². The van der Waals surface area contributed by atoms with Crippen LogP contribution in [0.5, 0.6) is 0 Å². The average Bonchev–Trinajstić information content (AvgIpc) is 3.23. The summed E-state index contributed by atoms with van der Waals surface area (Å²) in [5.41, 5.74) is 0.760. The Bertz CT molecular complexity index is 644. The highest BCUT2D eigenvalue weighted by atomic mass is 32.1. The Morgan fingerprint density at radius 1 is 1.32 bits per heavy atom. The lowest BCUT2D eigenvalue weighted by Crippen LogP contribution is -2.45. The van der Waals surface area contributed by atoms with Gasteiger partial charge in [0.15, 0.2) is 0 Å². The molecule has 2 fully saturated rings. The zero-order valence-electron chi connectivity index (χ0n) is 12.2. The maximum Gasteiger partial charge on any atom is 0.253 e. The number of aromatic nitrogens is 1. The predicted octanol–water partition coefficient (Wildman–Crippen LogP) is 3.14. The molecule has 3 heterocycles. The Morgan fingerprint density at radius 3 is 2.95 bits per heavy atom. The second kappa shape index (κ2) is 5.82. The lowest BCUT2D eigenvalue weighted by molar-refractivity contribution is -0.00448. The molecule has 0 unspecified atom stereocenters. The molecule has 0 spiro atoms. The van der Waals surface area contributed by atoms with E-state index in [2.05, 4.69) is 4.98 Å². The normalized spacial score (nSPS) is 27.6. The molecule has 0 N–H and O–H groups in total. The van der Waals surface area contributed by atoms with E-state index in [-0.39, 0.29) is 18.1 Å². The molecule has 22 heavy (non-hydrogen) atoms. The lowest BCUT2D eigenvalue weighted by atomic mass is 9.91. The Hall–Kier alpha value is -1.72. The summed E-state index contributed by atoms with van der Waals surface area (Å²) >= 11 is 1.65. The molecule has 0 bridgehead atoms. The summed E-state index contributed by atoms with van der Waals surface area (Å²) in [4.78, 5) is 18.9. The van der Waals surface area contributed by atoms with Gasteiger partial charge in [-0.25, -0.2) is 4.98 Å². The molecule has 0 aliphatic carbocycles. The van der Waals surface area contributed by atoms with Gasteiger partial charge < -0.3 is 9.64 Å². The van der Waals surface area contributed by atoms with Gasteiger partial charge in [-0.1, -0.05) is 18.2 Å². The van der Waals surface area contributed by atoms with Crippen LogP contribution in [-0.4, -0.2) is 35.0 Å². The fraction of sp³-hybridized carbons (Fsp3) is 0.412. The van der Waals surface area contributed by atoms with E-state index in [4.69, 9.17) is 4.74 Å². The summed E-state index contributed by atoms with van der Waals surface area (Å²) < 4.78 is 6.18. The van der Waals surface area contributed by atoms with E-state index in [1.54, 1.807) is 11.3 Å². The second-order valence-corrected chi connectivity index (χ2v) is 6.86. The fourth-order valence-electron chi connectivity index (χ4n) is 3.43. The molecular weight excluding hydrogens is 296 g/mol. The first kappa shape index (κ1) is 13.9. The minimum atomic E-state index is 0.111. The summed E-state index contributed by atoms with van der Waals surface area (Å²) in [5, 5.41) is 3.06. The molecule has 1 aromatic heterocycles. The highest BCUT2D eigenvalue weighted by molar-refractivity contribution is 7.09. The Balaban J connectivity index is 1.45. The highest BCUT2D eigenvalue weighted by Gasteiger charge is 2.41. The van der Waals surface area contributed by atoms with Crippen molar-refractivity contribution >= 4 is 17.2 Å². The first-order valence-corrected chi connectivity index (χ1v) is 8.58. The van der Waals surface area contributed by atoms with E-state index in [9.17, 15) is 4.79 Å². The zero-order valence-corrected chi connectivity index (χ0v) is 13.0. The molecule has 4 nitrogen and oxygen atoms in total. The Labute approximate surface area is 133 Å². The van der Waals surface area contributed by atoms with Gasteiger partial charge in [0.1, 0.15) is 11.1 Å². The van der Waals surface area contributed by atoms with Crippen LogP contribution >= 0.6 is 11.3 Å². The number of hydrogen-bond acceptors (Lipinski definition) is 4. The van der Waals surface area contributed by atoms with Crippen molar-refractivity contribution < 1.29 is 9.53 Å². The van der Waals surface area contributed by atoms with Gasteiger partial charge in [-0.3, -0.25) is 4.79 Å². The van der Waals surface area contributed by atoms with Gasteiger partial charge in [-0.15, -0.1) is 11.3 Å². The van der Waals surface area contributed by atoms with E-state index in [1.165, 1.54) is 0 Å². The van der Waals surface area contributed by atoms with Crippen LogP contribution in [0.1, 0.15) is 34.3 Å². The number of thiazole rings is 1. The van der Waals surface area contributed by atoms with Gasteiger partial charge in [-0.2, -0.15) is 0 Å². The third-order valence-corrected chi connectivity index (χ3v) is 5.45. The first-order valence-electron chi connectivity index (χ1n) is 7.70. The first-order chi connectivity index (χ1) is 10.8. The molecule has 1 amide bonds. The molecule has 5 heteroatoms. The number of ether oxygens (including phenoxy) is 1. The second-order valence-electron chi connectivity index (χ2n) is 5.94. The molecule has 2 aliphatic rings. The van der Waals surface area contributed by atoms with Crippen molar-refractivity contribution in [2.24, 2.45) is 5.92 Å². The van der Waals surface area contributed by atoms with Gasteiger partial charge in [-0.05, 0) is 30.9 Å². The molecule has 4 rings (SSSR count). The van der Waals surface area contributed by atoms with Crippen LogP contribution in [0.3, 0.4) is 0 Å². The van der Waals surface area contributed by atoms with Crippen molar-refractivity contribution in [3.63, 3.8) is 0 Å². The van der Waals surface area contributed by atoms with Gasteiger partial charge in [0, 0.05) is 30.2 Å². The number of carbonyl (C=O) groups is 1. The van der Waals surface area contributed by atoms with E-state index >= 15 is 0 Å². The van der Waals surface area contributed by atoms with E-state index in [0.29, 0.717) is 12.5 Å². The summed E-state index contributed by atoms with van der Waals surface area (Å²) in [5.74, 6) is 0.661.